The molecule has 0 N–H and O–H groups in total. The molecule has 4 nitrogen and oxygen atoms in total. The lowest BCUT2D eigenvalue weighted by Crippen LogP contribution is -2.47. The number of rotatable bonds is 8. The molecule has 29 heavy (non-hydrogen) atoms. The number of epoxide rings is 2. The molecule has 0 spiro atoms. The van der Waals surface area contributed by atoms with Crippen LogP contribution in [0.25, 0.3) is 0 Å². The summed E-state index contributed by atoms with van der Waals surface area (Å²) in [6.45, 7) is 18.1. The van der Waals surface area contributed by atoms with Crippen LogP contribution < -0.4 is 0 Å². The van der Waals surface area contributed by atoms with E-state index in [-0.39, 0.29) is 0 Å². The Morgan fingerprint density at radius 2 is 0.966 bits per heavy atom. The molecule has 0 aromatic heterocycles. The molecule has 0 bridgehead atoms. The smallest absolute Gasteiger partial charge is 0.104 e. The lowest BCUT2D eigenvalue weighted by molar-refractivity contribution is -0.103. The van der Waals surface area contributed by atoms with Crippen LogP contribution in [0.1, 0.15) is 67.2 Å². The normalized spacial score (nSPS) is 47.8. The van der Waals surface area contributed by atoms with E-state index in [0.29, 0.717) is 53.5 Å². The van der Waals surface area contributed by atoms with Crippen LogP contribution in [0.5, 0.6) is 0 Å². The summed E-state index contributed by atoms with van der Waals surface area (Å²) in [6, 6.07) is 0. The van der Waals surface area contributed by atoms with Gasteiger partial charge in [0, 0.05) is 0 Å². The van der Waals surface area contributed by atoms with Gasteiger partial charge >= 0.3 is 0 Å². The quantitative estimate of drug-likeness (QED) is 0.533. The van der Waals surface area contributed by atoms with Crippen LogP contribution in [-0.2, 0) is 18.9 Å². The molecule has 168 valence electrons. The van der Waals surface area contributed by atoms with Crippen molar-refractivity contribution < 1.29 is 18.9 Å². The van der Waals surface area contributed by atoms with E-state index in [1.165, 1.54) is 25.7 Å². The van der Waals surface area contributed by atoms with E-state index >= 15 is 0 Å². The molecular weight excluding hydrogens is 364 g/mol. The lowest BCUT2D eigenvalue weighted by Gasteiger charge is -2.52. The van der Waals surface area contributed by atoms with Crippen LogP contribution in [0, 0.1) is 40.9 Å². The van der Waals surface area contributed by atoms with Crippen molar-refractivity contribution in [1.82, 2.24) is 0 Å². The van der Waals surface area contributed by atoms with Crippen molar-refractivity contribution in [1.29, 1.82) is 0 Å². The number of ether oxygens (including phenoxy) is 4. The van der Waals surface area contributed by atoms with Crippen LogP contribution in [-0.4, -0.2) is 50.8 Å². The zero-order valence-electron chi connectivity index (χ0n) is 19.6. The third kappa shape index (κ3) is 5.19. The van der Waals surface area contributed by atoms with Gasteiger partial charge < -0.3 is 18.9 Å². The molecule has 4 fully saturated rings. The molecule has 6 atom stereocenters. The molecule has 2 aliphatic carbocycles. The van der Waals surface area contributed by atoms with Crippen LogP contribution in [0.4, 0.5) is 0 Å². The molecule has 2 saturated heterocycles. The summed E-state index contributed by atoms with van der Waals surface area (Å²) in [5.41, 5.74) is 0.375. The SMILES string of the molecule is CC1CC(C(C)(C)C2CC(C)C(OCC3CO3)C(C)C2)CC(C)C1OCC1CO1. The van der Waals surface area contributed by atoms with Crippen molar-refractivity contribution in [3.63, 3.8) is 0 Å². The average Bonchev–Trinajstić information content (AvgIpc) is 3.54. The van der Waals surface area contributed by atoms with Crippen LogP contribution in [0.3, 0.4) is 0 Å². The van der Waals surface area contributed by atoms with E-state index in [1.807, 2.05) is 0 Å². The van der Waals surface area contributed by atoms with Crippen LogP contribution >= 0.6 is 0 Å². The second-order valence-electron chi connectivity index (χ2n) is 11.6. The topological polar surface area (TPSA) is 43.5 Å². The lowest BCUT2D eigenvalue weighted by atomic mass is 9.55. The van der Waals surface area contributed by atoms with E-state index in [1.54, 1.807) is 0 Å². The summed E-state index contributed by atoms with van der Waals surface area (Å²) < 4.78 is 23.3. The number of hydrogen-bond acceptors (Lipinski definition) is 4. The second kappa shape index (κ2) is 8.76. The van der Waals surface area contributed by atoms with Gasteiger partial charge in [-0.2, -0.15) is 0 Å². The van der Waals surface area contributed by atoms with E-state index in [0.717, 1.165) is 38.3 Å². The van der Waals surface area contributed by atoms with Gasteiger partial charge in [-0.15, -0.1) is 0 Å². The Hall–Kier alpha value is -0.160. The maximum Gasteiger partial charge on any atom is 0.104 e. The van der Waals surface area contributed by atoms with Crippen LogP contribution in [0.2, 0.25) is 0 Å². The van der Waals surface area contributed by atoms with Crippen molar-refractivity contribution in [3.05, 3.63) is 0 Å². The Bertz CT molecular complexity index is 471. The van der Waals surface area contributed by atoms with Gasteiger partial charge in [0.2, 0.25) is 0 Å². The van der Waals surface area contributed by atoms with Crippen molar-refractivity contribution in [2.24, 2.45) is 40.9 Å². The Morgan fingerprint density at radius 1 is 0.655 bits per heavy atom. The van der Waals surface area contributed by atoms with E-state index in [2.05, 4.69) is 41.5 Å². The molecule has 2 heterocycles. The third-order valence-electron chi connectivity index (χ3n) is 8.73. The fraction of sp³-hybridized carbons (Fsp3) is 1.00. The fourth-order valence-corrected chi connectivity index (χ4v) is 6.62. The first-order chi connectivity index (χ1) is 13.8. The summed E-state index contributed by atoms with van der Waals surface area (Å²) >= 11 is 0. The minimum atomic E-state index is 0.371. The molecule has 0 radical (unpaired) electrons. The first-order valence-corrected chi connectivity index (χ1v) is 12.2. The molecule has 2 aliphatic heterocycles. The summed E-state index contributed by atoms with van der Waals surface area (Å²) in [6.07, 6.45) is 6.73. The molecule has 4 heteroatoms. The highest BCUT2D eigenvalue weighted by molar-refractivity contribution is 4.97. The number of hydrogen-bond donors (Lipinski definition) is 0. The molecular formula is C25H44O4. The van der Waals surface area contributed by atoms with E-state index < -0.39 is 0 Å². The van der Waals surface area contributed by atoms with Gasteiger partial charge in [-0.25, -0.2) is 0 Å². The first-order valence-electron chi connectivity index (χ1n) is 12.2. The van der Waals surface area contributed by atoms with Gasteiger partial charge in [0.05, 0.1) is 38.6 Å². The highest BCUT2D eigenvalue weighted by Crippen LogP contribution is 2.53. The highest BCUT2D eigenvalue weighted by Gasteiger charge is 2.47. The largest absolute Gasteiger partial charge is 0.375 e. The molecule has 0 aromatic carbocycles. The van der Waals surface area contributed by atoms with E-state index in [4.69, 9.17) is 18.9 Å². The zero-order chi connectivity index (χ0) is 20.8. The van der Waals surface area contributed by atoms with Gasteiger partial charge in [-0.05, 0) is 66.6 Å². The minimum absolute atomic E-state index is 0.371. The molecule has 2 saturated carbocycles. The predicted octanol–water partition coefficient (Wildman–Crippen LogP) is 4.95. The fourth-order valence-electron chi connectivity index (χ4n) is 6.62. The monoisotopic (exact) mass is 408 g/mol. The predicted molar refractivity (Wildman–Crippen MR) is 115 cm³/mol. The summed E-state index contributed by atoms with van der Waals surface area (Å²) in [5, 5.41) is 0. The van der Waals surface area contributed by atoms with Crippen molar-refractivity contribution in [2.45, 2.75) is 91.6 Å². The second-order valence-corrected chi connectivity index (χ2v) is 11.6. The van der Waals surface area contributed by atoms with Gasteiger partial charge in [0.1, 0.15) is 12.2 Å². The van der Waals surface area contributed by atoms with Gasteiger partial charge in [-0.3, -0.25) is 0 Å². The maximum atomic E-state index is 6.29. The van der Waals surface area contributed by atoms with Crippen molar-refractivity contribution >= 4 is 0 Å². The van der Waals surface area contributed by atoms with Gasteiger partial charge in [-0.1, -0.05) is 41.5 Å². The molecule has 0 aromatic rings. The zero-order valence-corrected chi connectivity index (χ0v) is 19.6. The molecule has 6 unspecified atom stereocenters. The van der Waals surface area contributed by atoms with Crippen LogP contribution in [0.15, 0.2) is 0 Å². The van der Waals surface area contributed by atoms with Crippen molar-refractivity contribution in [3.8, 4) is 0 Å². The maximum absolute atomic E-state index is 6.29. The standard InChI is InChI=1S/C25H44O4/c1-15-7-19(8-16(2)23(15)28-13-21-11-26-21)25(5,6)20-9-17(3)24(18(4)10-20)29-14-22-12-27-22/h15-24H,7-14H2,1-6H3. The Morgan fingerprint density at radius 3 is 1.24 bits per heavy atom. The van der Waals surface area contributed by atoms with Gasteiger partial charge in [0.25, 0.3) is 0 Å². The molecule has 4 aliphatic rings. The Kier molecular flexibility index (Phi) is 6.66. The molecule has 0 amide bonds. The summed E-state index contributed by atoms with van der Waals surface area (Å²) in [5.74, 6) is 4.10. The summed E-state index contributed by atoms with van der Waals surface area (Å²) in [4.78, 5) is 0. The Labute approximate surface area is 178 Å². The minimum Gasteiger partial charge on any atom is -0.375 e. The highest BCUT2D eigenvalue weighted by atomic mass is 16.6. The molecule has 4 rings (SSSR count). The average molecular weight is 409 g/mol. The summed E-state index contributed by atoms with van der Waals surface area (Å²) in [7, 11) is 0. The third-order valence-corrected chi connectivity index (χ3v) is 8.73. The first kappa shape index (κ1) is 22.0. The Balaban J connectivity index is 1.33. The van der Waals surface area contributed by atoms with Gasteiger partial charge in [0.15, 0.2) is 0 Å². The van der Waals surface area contributed by atoms with Crippen molar-refractivity contribution in [2.75, 3.05) is 26.4 Å². The van der Waals surface area contributed by atoms with E-state index in [9.17, 15) is 0 Å².